The monoisotopic (exact) mass is 317 g/mol. The van der Waals surface area contributed by atoms with Gasteiger partial charge in [0, 0.05) is 12.7 Å². The smallest absolute Gasteiger partial charge is 0.236 e. The normalized spacial score (nSPS) is 11.0. The number of carbonyl (C=O) groups excluding carboxylic acids is 1. The predicted octanol–water partition coefficient (Wildman–Crippen LogP) is 1.43. The molecule has 0 aliphatic rings. The summed E-state index contributed by atoms with van der Waals surface area (Å²) >= 11 is 1.32. The number of pyridine rings is 1. The molecule has 0 aliphatic carbocycles. The molecule has 3 rings (SSSR count). The van der Waals surface area contributed by atoms with E-state index >= 15 is 0 Å². The molecule has 0 unspecified atom stereocenters. The minimum atomic E-state index is -0.152. The Labute approximate surface area is 130 Å². The summed E-state index contributed by atoms with van der Waals surface area (Å²) in [6.45, 7) is 3.89. The molecular formula is C13H15N7OS. The highest BCUT2D eigenvalue weighted by Crippen LogP contribution is 2.24. The van der Waals surface area contributed by atoms with Crippen molar-refractivity contribution in [2.24, 2.45) is 7.05 Å². The van der Waals surface area contributed by atoms with Crippen LogP contribution in [-0.4, -0.2) is 41.6 Å². The Morgan fingerprint density at radius 1 is 1.45 bits per heavy atom. The van der Waals surface area contributed by atoms with Gasteiger partial charge in [-0.05, 0) is 25.5 Å². The Morgan fingerprint density at radius 2 is 2.27 bits per heavy atom. The number of aromatic amines is 1. The van der Waals surface area contributed by atoms with E-state index < -0.39 is 0 Å². The zero-order valence-electron chi connectivity index (χ0n) is 12.4. The molecule has 0 aromatic carbocycles. The number of thioether (sulfide) groups is 1. The minimum Gasteiger partial charge on any atom is -0.312 e. The number of carbonyl (C=O) groups is 1. The third kappa shape index (κ3) is 2.80. The lowest BCUT2D eigenvalue weighted by molar-refractivity contribution is -0.113. The summed E-state index contributed by atoms with van der Waals surface area (Å²) in [6, 6.07) is 1.96. The van der Waals surface area contributed by atoms with Gasteiger partial charge in [0.15, 0.2) is 16.6 Å². The van der Waals surface area contributed by atoms with Crippen LogP contribution in [-0.2, 0) is 11.8 Å². The fourth-order valence-corrected chi connectivity index (χ4v) is 2.86. The van der Waals surface area contributed by atoms with Crippen molar-refractivity contribution >= 4 is 34.5 Å². The van der Waals surface area contributed by atoms with Crippen LogP contribution in [0.1, 0.15) is 11.3 Å². The average Bonchev–Trinajstić information content (AvgIpc) is 3.03. The van der Waals surface area contributed by atoms with E-state index in [1.807, 2.05) is 27.0 Å². The molecule has 3 aromatic heterocycles. The Morgan fingerprint density at radius 3 is 3.00 bits per heavy atom. The van der Waals surface area contributed by atoms with E-state index in [4.69, 9.17) is 0 Å². The average molecular weight is 317 g/mol. The first-order chi connectivity index (χ1) is 10.5. The standard InChI is InChI=1S/C13H15N7OS/c1-7-4-8(2)15-11-10(7)12(18-17-11)16-9(21)5-22-13-19-14-6-20(13)3/h4,6H,5H2,1-3H3,(H2,15,16,17,18,21). The molecule has 0 spiro atoms. The molecule has 9 heteroatoms. The van der Waals surface area contributed by atoms with Crippen molar-refractivity contribution in [3.63, 3.8) is 0 Å². The summed E-state index contributed by atoms with van der Waals surface area (Å²) in [5.41, 5.74) is 2.60. The molecule has 3 heterocycles. The highest BCUT2D eigenvalue weighted by molar-refractivity contribution is 7.99. The van der Waals surface area contributed by atoms with E-state index in [1.54, 1.807) is 10.9 Å². The number of rotatable bonds is 4. The fourth-order valence-electron chi connectivity index (χ4n) is 2.17. The highest BCUT2D eigenvalue weighted by Gasteiger charge is 2.14. The van der Waals surface area contributed by atoms with Gasteiger partial charge in [-0.15, -0.1) is 10.2 Å². The van der Waals surface area contributed by atoms with Crippen molar-refractivity contribution in [2.45, 2.75) is 19.0 Å². The molecule has 22 heavy (non-hydrogen) atoms. The molecule has 0 fully saturated rings. The number of anilines is 1. The molecular weight excluding hydrogens is 302 g/mol. The molecule has 0 saturated heterocycles. The molecule has 0 saturated carbocycles. The van der Waals surface area contributed by atoms with E-state index in [2.05, 4.69) is 30.7 Å². The maximum atomic E-state index is 12.1. The number of nitrogens with zero attached hydrogens (tertiary/aromatic N) is 5. The quantitative estimate of drug-likeness (QED) is 0.706. The molecule has 8 nitrogen and oxygen atoms in total. The Kier molecular flexibility index (Phi) is 3.80. The molecule has 0 aliphatic heterocycles. The summed E-state index contributed by atoms with van der Waals surface area (Å²) in [6.07, 6.45) is 1.60. The lowest BCUT2D eigenvalue weighted by atomic mass is 10.2. The second kappa shape index (κ2) is 5.76. The third-order valence-electron chi connectivity index (χ3n) is 3.12. The van der Waals surface area contributed by atoms with Gasteiger partial charge < -0.3 is 9.88 Å². The van der Waals surface area contributed by atoms with Crippen molar-refractivity contribution in [1.29, 1.82) is 0 Å². The van der Waals surface area contributed by atoms with Crippen molar-refractivity contribution in [1.82, 2.24) is 29.9 Å². The maximum absolute atomic E-state index is 12.1. The number of fused-ring (bicyclic) bond motifs is 1. The van der Waals surface area contributed by atoms with Gasteiger partial charge in [-0.25, -0.2) is 4.98 Å². The molecule has 3 aromatic rings. The van der Waals surface area contributed by atoms with Gasteiger partial charge in [0.25, 0.3) is 0 Å². The van der Waals surface area contributed by atoms with Gasteiger partial charge in [0.2, 0.25) is 5.91 Å². The topological polar surface area (TPSA) is 101 Å². The van der Waals surface area contributed by atoms with Crippen molar-refractivity contribution in [2.75, 3.05) is 11.1 Å². The molecule has 0 radical (unpaired) electrons. The van der Waals surface area contributed by atoms with E-state index in [0.29, 0.717) is 16.6 Å². The van der Waals surface area contributed by atoms with Gasteiger partial charge in [0.1, 0.15) is 6.33 Å². The van der Waals surface area contributed by atoms with E-state index in [0.717, 1.165) is 16.6 Å². The van der Waals surface area contributed by atoms with Crippen LogP contribution in [0.5, 0.6) is 0 Å². The van der Waals surface area contributed by atoms with Gasteiger partial charge >= 0.3 is 0 Å². The lowest BCUT2D eigenvalue weighted by Crippen LogP contribution is -2.15. The van der Waals surface area contributed by atoms with Crippen LogP contribution in [0.25, 0.3) is 11.0 Å². The van der Waals surface area contributed by atoms with Gasteiger partial charge in [-0.3, -0.25) is 9.89 Å². The zero-order chi connectivity index (χ0) is 15.7. The fraction of sp³-hybridized carbons (Fsp3) is 0.308. The number of nitrogens with one attached hydrogen (secondary N) is 2. The van der Waals surface area contributed by atoms with Crippen LogP contribution in [0, 0.1) is 13.8 Å². The summed E-state index contributed by atoms with van der Waals surface area (Å²) in [5.74, 6) is 0.587. The first kappa shape index (κ1) is 14.5. The second-order valence-electron chi connectivity index (χ2n) is 4.94. The van der Waals surface area contributed by atoms with Crippen LogP contribution in [0.4, 0.5) is 5.82 Å². The number of aryl methyl sites for hydroxylation is 3. The summed E-state index contributed by atoms with van der Waals surface area (Å²) in [4.78, 5) is 16.4. The molecule has 1 amide bonds. The number of hydrogen-bond donors (Lipinski definition) is 2. The molecule has 0 atom stereocenters. The van der Waals surface area contributed by atoms with Crippen LogP contribution < -0.4 is 5.32 Å². The van der Waals surface area contributed by atoms with Crippen LogP contribution in [0.15, 0.2) is 17.6 Å². The largest absolute Gasteiger partial charge is 0.312 e. The Bertz CT molecular complexity index is 838. The number of amides is 1. The van der Waals surface area contributed by atoms with Crippen molar-refractivity contribution < 1.29 is 4.79 Å². The Balaban J connectivity index is 1.73. The lowest BCUT2D eigenvalue weighted by Gasteiger charge is -2.04. The minimum absolute atomic E-state index is 0.152. The van der Waals surface area contributed by atoms with Crippen LogP contribution in [0.2, 0.25) is 0 Å². The SMILES string of the molecule is Cc1cc(C)c2c(NC(=O)CSc3nncn3C)n[nH]c2n1. The maximum Gasteiger partial charge on any atom is 0.236 e. The van der Waals surface area contributed by atoms with Crippen LogP contribution in [0.3, 0.4) is 0 Å². The number of aromatic nitrogens is 6. The summed E-state index contributed by atoms with van der Waals surface area (Å²) in [7, 11) is 1.83. The predicted molar refractivity (Wildman–Crippen MR) is 83.7 cm³/mol. The van der Waals surface area contributed by atoms with Crippen LogP contribution >= 0.6 is 11.8 Å². The third-order valence-corrected chi connectivity index (χ3v) is 4.15. The highest BCUT2D eigenvalue weighted by atomic mass is 32.2. The number of H-pyrrole nitrogens is 1. The van der Waals surface area contributed by atoms with E-state index in [1.165, 1.54) is 11.8 Å². The van der Waals surface area contributed by atoms with Gasteiger partial charge in [0.05, 0.1) is 11.1 Å². The number of hydrogen-bond acceptors (Lipinski definition) is 6. The van der Waals surface area contributed by atoms with E-state index in [9.17, 15) is 4.79 Å². The molecule has 0 bridgehead atoms. The molecule has 2 N–H and O–H groups in total. The summed E-state index contributed by atoms with van der Waals surface area (Å²) < 4.78 is 1.76. The van der Waals surface area contributed by atoms with Crippen molar-refractivity contribution in [3.05, 3.63) is 23.7 Å². The van der Waals surface area contributed by atoms with Gasteiger partial charge in [-0.1, -0.05) is 11.8 Å². The first-order valence-electron chi connectivity index (χ1n) is 6.63. The first-order valence-corrected chi connectivity index (χ1v) is 7.62. The molecule has 114 valence electrons. The van der Waals surface area contributed by atoms with Crippen molar-refractivity contribution in [3.8, 4) is 0 Å². The second-order valence-corrected chi connectivity index (χ2v) is 5.88. The summed E-state index contributed by atoms with van der Waals surface area (Å²) in [5, 5.41) is 19.0. The zero-order valence-corrected chi connectivity index (χ0v) is 13.2. The van der Waals surface area contributed by atoms with E-state index in [-0.39, 0.29) is 11.7 Å². The van der Waals surface area contributed by atoms with Gasteiger partial charge in [-0.2, -0.15) is 5.10 Å². The Hall–Kier alpha value is -2.42.